The molecule has 0 amide bonds. The van der Waals surface area contributed by atoms with Gasteiger partial charge in [-0.15, -0.1) is 12.4 Å². The van der Waals surface area contributed by atoms with Gasteiger partial charge in [-0.25, -0.2) is 4.39 Å². The van der Waals surface area contributed by atoms with Crippen molar-refractivity contribution in [3.05, 3.63) is 35.1 Å². The van der Waals surface area contributed by atoms with Crippen LogP contribution in [0, 0.1) is 5.82 Å². The van der Waals surface area contributed by atoms with E-state index >= 15 is 0 Å². The van der Waals surface area contributed by atoms with Crippen molar-refractivity contribution < 1.29 is 30.7 Å². The summed E-state index contributed by atoms with van der Waals surface area (Å²) in [6.45, 7) is 1.67. The van der Waals surface area contributed by atoms with Crippen LogP contribution in [0.25, 0.3) is 0 Å². The Labute approximate surface area is 146 Å². The minimum Gasteiger partial charge on any atom is -0.314 e. The predicted molar refractivity (Wildman–Crippen MR) is 81.1 cm³/mol. The van der Waals surface area contributed by atoms with Gasteiger partial charge in [-0.05, 0) is 12.5 Å². The molecule has 1 N–H and O–H groups in total. The molecule has 0 aliphatic carbocycles. The van der Waals surface area contributed by atoms with Crippen LogP contribution in [-0.4, -0.2) is 37.3 Å². The van der Waals surface area contributed by atoms with Gasteiger partial charge in [-0.3, -0.25) is 4.90 Å². The third-order valence-electron chi connectivity index (χ3n) is 3.99. The van der Waals surface area contributed by atoms with Crippen LogP contribution in [0.4, 0.5) is 30.7 Å². The van der Waals surface area contributed by atoms with Gasteiger partial charge in [0.2, 0.25) is 0 Å². The number of hydrogen-bond donors (Lipinski definition) is 1. The van der Waals surface area contributed by atoms with Crippen molar-refractivity contribution in [2.75, 3.05) is 26.2 Å². The van der Waals surface area contributed by atoms with Crippen molar-refractivity contribution >= 4 is 12.4 Å². The molecule has 1 saturated heterocycles. The SMILES string of the molecule is Cl.Fc1c([C@@H](CCC(F)(F)F)N2CCNCC2)cccc1C(F)(F)F. The fraction of sp³-hybridized carbons (Fsp3) is 0.600. The summed E-state index contributed by atoms with van der Waals surface area (Å²) in [4.78, 5) is 1.60. The zero-order valence-electron chi connectivity index (χ0n) is 13.1. The fourth-order valence-electron chi connectivity index (χ4n) is 2.86. The molecular formula is C15H18ClF7N2. The summed E-state index contributed by atoms with van der Waals surface area (Å²) in [6.07, 6.45) is -11.0. The summed E-state index contributed by atoms with van der Waals surface area (Å²) in [5.41, 5.74) is -1.79. The lowest BCUT2D eigenvalue weighted by Gasteiger charge is -2.36. The molecule has 1 aromatic rings. The molecule has 144 valence electrons. The van der Waals surface area contributed by atoms with E-state index in [2.05, 4.69) is 5.32 Å². The van der Waals surface area contributed by atoms with Gasteiger partial charge in [0, 0.05) is 44.2 Å². The lowest BCUT2D eigenvalue weighted by atomic mass is 9.96. The highest BCUT2D eigenvalue weighted by Crippen LogP contribution is 2.38. The number of halogens is 8. The van der Waals surface area contributed by atoms with Crippen LogP contribution >= 0.6 is 12.4 Å². The first-order valence-corrected chi connectivity index (χ1v) is 7.47. The number of nitrogens with zero attached hydrogens (tertiary/aromatic N) is 1. The number of nitrogens with one attached hydrogen (secondary N) is 1. The Morgan fingerprint density at radius 3 is 2.16 bits per heavy atom. The first-order valence-electron chi connectivity index (χ1n) is 7.47. The molecule has 1 aliphatic rings. The van der Waals surface area contributed by atoms with Gasteiger partial charge >= 0.3 is 12.4 Å². The number of hydrogen-bond acceptors (Lipinski definition) is 2. The molecule has 1 aliphatic heterocycles. The topological polar surface area (TPSA) is 15.3 Å². The van der Waals surface area contributed by atoms with Crippen LogP contribution in [0.2, 0.25) is 0 Å². The average Bonchev–Trinajstić information content (AvgIpc) is 2.48. The van der Waals surface area contributed by atoms with Crippen LogP contribution in [0.1, 0.15) is 30.0 Å². The quantitative estimate of drug-likeness (QED) is 0.753. The fourth-order valence-corrected chi connectivity index (χ4v) is 2.86. The Balaban J connectivity index is 0.00000312. The molecule has 1 atom stereocenters. The Bertz CT molecular complexity index is 554. The molecule has 0 radical (unpaired) electrons. The molecule has 0 unspecified atom stereocenters. The van der Waals surface area contributed by atoms with Crippen LogP contribution in [0.5, 0.6) is 0 Å². The van der Waals surface area contributed by atoms with E-state index in [1.165, 1.54) is 0 Å². The Kier molecular flexibility index (Phi) is 7.52. The maximum absolute atomic E-state index is 14.3. The second-order valence-corrected chi connectivity index (χ2v) is 5.66. The van der Waals surface area contributed by atoms with Crippen molar-refractivity contribution in [3.8, 4) is 0 Å². The zero-order chi connectivity index (χ0) is 18.0. The first-order chi connectivity index (χ1) is 11.1. The van der Waals surface area contributed by atoms with Crippen molar-refractivity contribution in [2.24, 2.45) is 0 Å². The molecule has 1 aromatic carbocycles. The maximum atomic E-state index is 14.3. The van der Waals surface area contributed by atoms with Gasteiger partial charge in [0.25, 0.3) is 0 Å². The molecule has 10 heteroatoms. The van der Waals surface area contributed by atoms with E-state index in [1.54, 1.807) is 4.90 Å². The molecule has 0 saturated carbocycles. The van der Waals surface area contributed by atoms with Crippen molar-refractivity contribution in [3.63, 3.8) is 0 Å². The monoisotopic (exact) mass is 394 g/mol. The highest BCUT2D eigenvalue weighted by atomic mass is 35.5. The Morgan fingerprint density at radius 1 is 1.04 bits per heavy atom. The highest BCUT2D eigenvalue weighted by molar-refractivity contribution is 5.85. The van der Waals surface area contributed by atoms with E-state index in [9.17, 15) is 30.7 Å². The summed E-state index contributed by atoms with van der Waals surface area (Å²) < 4.78 is 90.6. The third kappa shape index (κ3) is 6.00. The Hall–Kier alpha value is -1.06. The molecular weight excluding hydrogens is 377 g/mol. The van der Waals surface area contributed by atoms with Crippen LogP contribution < -0.4 is 5.32 Å². The average molecular weight is 395 g/mol. The molecule has 2 nitrogen and oxygen atoms in total. The van der Waals surface area contributed by atoms with Gasteiger partial charge in [0.15, 0.2) is 0 Å². The summed E-state index contributed by atoms with van der Waals surface area (Å²) in [7, 11) is 0. The van der Waals surface area contributed by atoms with Crippen LogP contribution in [0.15, 0.2) is 18.2 Å². The number of rotatable bonds is 4. The largest absolute Gasteiger partial charge is 0.419 e. The summed E-state index contributed by atoms with van der Waals surface area (Å²) in [5.74, 6) is -1.49. The van der Waals surface area contributed by atoms with Crippen molar-refractivity contribution in [1.82, 2.24) is 10.2 Å². The minimum atomic E-state index is -4.89. The molecule has 1 fully saturated rings. The van der Waals surface area contributed by atoms with Crippen LogP contribution in [0.3, 0.4) is 0 Å². The minimum absolute atomic E-state index is 0. The van der Waals surface area contributed by atoms with E-state index in [0.717, 1.165) is 12.1 Å². The Morgan fingerprint density at radius 2 is 1.64 bits per heavy atom. The summed E-state index contributed by atoms with van der Waals surface area (Å²) in [5, 5.41) is 3.01. The molecule has 2 rings (SSSR count). The van der Waals surface area contributed by atoms with Crippen LogP contribution in [-0.2, 0) is 6.18 Å². The van der Waals surface area contributed by atoms with E-state index in [4.69, 9.17) is 0 Å². The predicted octanol–water partition coefficient (Wildman–Crippen LogP) is 4.56. The second kappa shape index (κ2) is 8.55. The normalized spacial score (nSPS) is 17.9. The van der Waals surface area contributed by atoms with E-state index in [1.807, 2.05) is 0 Å². The smallest absolute Gasteiger partial charge is 0.314 e. The van der Waals surface area contributed by atoms with Crippen molar-refractivity contribution in [2.45, 2.75) is 31.2 Å². The zero-order valence-corrected chi connectivity index (χ0v) is 13.9. The van der Waals surface area contributed by atoms with E-state index in [0.29, 0.717) is 32.2 Å². The molecule has 0 aromatic heterocycles. The van der Waals surface area contributed by atoms with E-state index in [-0.39, 0.29) is 18.0 Å². The van der Waals surface area contributed by atoms with Gasteiger partial charge in [0.05, 0.1) is 5.56 Å². The number of alkyl halides is 6. The highest BCUT2D eigenvalue weighted by Gasteiger charge is 2.38. The molecule has 25 heavy (non-hydrogen) atoms. The standard InChI is InChI=1S/C15H17F7N2.ClH/c16-13-10(2-1-3-11(13)15(20,21)22)12(4-5-14(17,18)19)24-8-6-23-7-9-24;/h1-3,12,23H,4-9H2;1H/t12-;/m1./s1. The third-order valence-corrected chi connectivity index (χ3v) is 3.99. The first kappa shape index (κ1) is 22.0. The van der Waals surface area contributed by atoms with E-state index < -0.39 is 42.6 Å². The molecule has 0 bridgehead atoms. The lowest BCUT2D eigenvalue weighted by Crippen LogP contribution is -2.45. The second-order valence-electron chi connectivity index (χ2n) is 5.66. The lowest BCUT2D eigenvalue weighted by molar-refractivity contribution is -0.141. The number of piperazine rings is 1. The van der Waals surface area contributed by atoms with Gasteiger partial charge in [-0.1, -0.05) is 12.1 Å². The summed E-state index contributed by atoms with van der Waals surface area (Å²) in [6, 6.07) is 1.71. The molecule has 0 spiro atoms. The van der Waals surface area contributed by atoms with Crippen molar-refractivity contribution in [1.29, 1.82) is 0 Å². The molecule has 1 heterocycles. The van der Waals surface area contributed by atoms with Gasteiger partial charge in [0.1, 0.15) is 5.82 Å². The maximum Gasteiger partial charge on any atom is 0.419 e. The van der Waals surface area contributed by atoms with Gasteiger partial charge < -0.3 is 5.32 Å². The van der Waals surface area contributed by atoms with Gasteiger partial charge in [-0.2, -0.15) is 26.3 Å². The summed E-state index contributed by atoms with van der Waals surface area (Å²) >= 11 is 0. The number of benzene rings is 1.